The number of hydrogen-bond donors (Lipinski definition) is 1. The molecule has 96 valence electrons. The van der Waals surface area contributed by atoms with E-state index in [-0.39, 0.29) is 6.42 Å². The van der Waals surface area contributed by atoms with E-state index in [1.54, 1.807) is 12.1 Å². The van der Waals surface area contributed by atoms with Gasteiger partial charge < -0.3 is 10.5 Å². The third-order valence-electron chi connectivity index (χ3n) is 2.76. The van der Waals surface area contributed by atoms with E-state index in [0.717, 1.165) is 11.1 Å². The van der Waals surface area contributed by atoms with Crippen molar-refractivity contribution in [2.45, 2.75) is 32.5 Å². The van der Waals surface area contributed by atoms with Crippen LogP contribution in [-0.4, -0.2) is 19.3 Å². The molecule has 0 bridgehead atoms. The average Bonchev–Trinajstić information content (AvgIpc) is 2.21. The molecule has 1 atom stereocenters. The third-order valence-corrected chi connectivity index (χ3v) is 2.76. The van der Waals surface area contributed by atoms with Crippen molar-refractivity contribution in [1.82, 2.24) is 0 Å². The summed E-state index contributed by atoms with van der Waals surface area (Å²) < 4.78 is 42.2. The van der Waals surface area contributed by atoms with Crippen LogP contribution in [0.5, 0.6) is 5.75 Å². The number of methoxy groups -OCH3 is 1. The highest BCUT2D eigenvalue weighted by molar-refractivity contribution is 5.42. The molecule has 0 radical (unpaired) electrons. The zero-order valence-corrected chi connectivity index (χ0v) is 10.1. The predicted molar refractivity (Wildman–Crippen MR) is 60.2 cm³/mol. The number of nitrogens with two attached hydrogens (primary N) is 1. The molecule has 0 heterocycles. The summed E-state index contributed by atoms with van der Waals surface area (Å²) in [6, 6.07) is 1.56. The van der Waals surface area contributed by atoms with Crippen LogP contribution in [0.1, 0.15) is 16.7 Å². The lowest BCUT2D eigenvalue weighted by atomic mass is 9.99. The second kappa shape index (κ2) is 4.96. The van der Waals surface area contributed by atoms with Crippen molar-refractivity contribution in [3.8, 4) is 5.75 Å². The predicted octanol–water partition coefficient (Wildman–Crippen LogP) is 2.74. The molecule has 1 unspecified atom stereocenters. The zero-order valence-electron chi connectivity index (χ0n) is 10.1. The van der Waals surface area contributed by atoms with E-state index < -0.39 is 12.2 Å². The van der Waals surface area contributed by atoms with Gasteiger partial charge in [-0.05, 0) is 43.0 Å². The maximum absolute atomic E-state index is 12.4. The molecule has 5 heteroatoms. The Kier molecular flexibility index (Phi) is 4.03. The van der Waals surface area contributed by atoms with Gasteiger partial charge in [0.05, 0.1) is 7.11 Å². The van der Waals surface area contributed by atoms with Crippen LogP contribution in [-0.2, 0) is 6.42 Å². The molecule has 0 amide bonds. The Morgan fingerprint density at radius 2 is 1.76 bits per heavy atom. The number of aryl methyl sites for hydroxylation is 2. The Hall–Kier alpha value is -1.23. The highest BCUT2D eigenvalue weighted by Crippen LogP contribution is 2.28. The maximum atomic E-state index is 12.4. The SMILES string of the molecule is COc1cc(C)c(C)cc1CC(N)C(F)(F)F. The lowest BCUT2D eigenvalue weighted by molar-refractivity contribution is -0.147. The first-order valence-electron chi connectivity index (χ1n) is 5.22. The van der Waals surface area contributed by atoms with Crippen molar-refractivity contribution in [2.75, 3.05) is 7.11 Å². The molecule has 0 aromatic heterocycles. The van der Waals surface area contributed by atoms with Crippen molar-refractivity contribution in [1.29, 1.82) is 0 Å². The maximum Gasteiger partial charge on any atom is 0.403 e. The van der Waals surface area contributed by atoms with E-state index in [4.69, 9.17) is 10.5 Å². The number of hydrogen-bond acceptors (Lipinski definition) is 2. The molecule has 2 nitrogen and oxygen atoms in total. The van der Waals surface area contributed by atoms with Crippen molar-refractivity contribution >= 4 is 0 Å². The van der Waals surface area contributed by atoms with E-state index in [2.05, 4.69) is 0 Å². The quantitative estimate of drug-likeness (QED) is 0.891. The van der Waals surface area contributed by atoms with E-state index in [1.165, 1.54) is 7.11 Å². The van der Waals surface area contributed by atoms with Gasteiger partial charge in [0.25, 0.3) is 0 Å². The molecule has 0 aliphatic heterocycles. The fourth-order valence-corrected chi connectivity index (χ4v) is 1.55. The second-order valence-electron chi connectivity index (χ2n) is 4.10. The minimum Gasteiger partial charge on any atom is -0.496 e. The molecular weight excluding hydrogens is 231 g/mol. The topological polar surface area (TPSA) is 35.2 Å². The first kappa shape index (κ1) is 13.8. The van der Waals surface area contributed by atoms with E-state index in [1.807, 2.05) is 13.8 Å². The molecule has 0 spiro atoms. The Bertz CT molecular complexity index is 401. The lowest BCUT2D eigenvalue weighted by Gasteiger charge is -2.18. The summed E-state index contributed by atoms with van der Waals surface area (Å²) in [6.45, 7) is 3.72. The molecule has 1 aromatic rings. The van der Waals surface area contributed by atoms with Crippen LogP contribution in [0.3, 0.4) is 0 Å². The summed E-state index contributed by atoms with van der Waals surface area (Å²) in [6.07, 6.45) is -4.66. The largest absolute Gasteiger partial charge is 0.496 e. The van der Waals surface area contributed by atoms with E-state index >= 15 is 0 Å². The van der Waals surface area contributed by atoms with E-state index in [0.29, 0.717) is 11.3 Å². The van der Waals surface area contributed by atoms with Crippen LogP contribution in [0.15, 0.2) is 12.1 Å². The lowest BCUT2D eigenvalue weighted by Crippen LogP contribution is -2.39. The minimum atomic E-state index is -4.39. The van der Waals surface area contributed by atoms with Gasteiger partial charge in [-0.15, -0.1) is 0 Å². The Morgan fingerprint density at radius 1 is 1.24 bits per heavy atom. The molecule has 2 N–H and O–H groups in total. The van der Waals surface area contributed by atoms with Crippen molar-refractivity contribution < 1.29 is 17.9 Å². The second-order valence-corrected chi connectivity index (χ2v) is 4.10. The van der Waals surface area contributed by atoms with Gasteiger partial charge in [0.15, 0.2) is 0 Å². The highest BCUT2D eigenvalue weighted by atomic mass is 19.4. The molecule has 0 aliphatic rings. The van der Waals surface area contributed by atoms with Gasteiger partial charge in [-0.3, -0.25) is 0 Å². The molecule has 1 aromatic carbocycles. The third kappa shape index (κ3) is 3.36. The van der Waals surface area contributed by atoms with Crippen LogP contribution in [0.4, 0.5) is 13.2 Å². The van der Waals surface area contributed by atoms with Crippen LogP contribution in [0, 0.1) is 13.8 Å². The smallest absolute Gasteiger partial charge is 0.403 e. The highest BCUT2D eigenvalue weighted by Gasteiger charge is 2.37. The fraction of sp³-hybridized carbons (Fsp3) is 0.500. The molecule has 0 saturated carbocycles. The van der Waals surface area contributed by atoms with Crippen molar-refractivity contribution in [3.63, 3.8) is 0 Å². The van der Waals surface area contributed by atoms with Gasteiger partial charge in [-0.2, -0.15) is 13.2 Å². The standard InChI is InChI=1S/C12H16F3NO/c1-7-4-9(6-11(16)12(13,14)15)10(17-3)5-8(7)2/h4-5,11H,6,16H2,1-3H3. The normalized spacial score (nSPS) is 13.6. The number of halogens is 3. The number of alkyl halides is 3. The van der Waals surface area contributed by atoms with Crippen molar-refractivity contribution in [3.05, 3.63) is 28.8 Å². The number of rotatable bonds is 3. The average molecular weight is 247 g/mol. The fourth-order valence-electron chi connectivity index (χ4n) is 1.55. The Labute approximate surface area is 98.6 Å². The van der Waals surface area contributed by atoms with Gasteiger partial charge in [-0.1, -0.05) is 6.07 Å². The molecular formula is C12H16F3NO. The Balaban J connectivity index is 3.02. The van der Waals surface area contributed by atoms with Crippen LogP contribution >= 0.6 is 0 Å². The summed E-state index contributed by atoms with van der Waals surface area (Å²) in [5.41, 5.74) is 7.50. The number of ether oxygens (including phenoxy) is 1. The molecule has 1 rings (SSSR count). The first-order valence-corrected chi connectivity index (χ1v) is 5.22. The van der Waals surface area contributed by atoms with Gasteiger partial charge in [0, 0.05) is 0 Å². The first-order chi connectivity index (χ1) is 7.75. The van der Waals surface area contributed by atoms with Crippen LogP contribution < -0.4 is 10.5 Å². The molecule has 17 heavy (non-hydrogen) atoms. The summed E-state index contributed by atoms with van der Waals surface area (Å²) in [4.78, 5) is 0. The van der Waals surface area contributed by atoms with Gasteiger partial charge in [0.1, 0.15) is 11.8 Å². The summed E-state index contributed by atoms with van der Waals surface area (Å²) >= 11 is 0. The molecule has 0 fully saturated rings. The van der Waals surface area contributed by atoms with E-state index in [9.17, 15) is 13.2 Å². The zero-order chi connectivity index (χ0) is 13.2. The minimum absolute atomic E-state index is 0.270. The van der Waals surface area contributed by atoms with Crippen LogP contribution in [0.2, 0.25) is 0 Å². The molecule has 0 aliphatic carbocycles. The summed E-state index contributed by atoms with van der Waals surface area (Å²) in [7, 11) is 1.44. The van der Waals surface area contributed by atoms with Gasteiger partial charge >= 0.3 is 6.18 Å². The molecule has 0 saturated heterocycles. The van der Waals surface area contributed by atoms with Crippen LogP contribution in [0.25, 0.3) is 0 Å². The summed E-state index contributed by atoms with van der Waals surface area (Å²) in [5, 5.41) is 0. The Morgan fingerprint density at radius 3 is 2.24 bits per heavy atom. The van der Waals surface area contributed by atoms with Gasteiger partial charge in [0.2, 0.25) is 0 Å². The monoisotopic (exact) mass is 247 g/mol. The number of benzene rings is 1. The van der Waals surface area contributed by atoms with Gasteiger partial charge in [-0.25, -0.2) is 0 Å². The summed E-state index contributed by atoms with van der Waals surface area (Å²) in [5.74, 6) is 0.452. The van der Waals surface area contributed by atoms with Crippen molar-refractivity contribution in [2.24, 2.45) is 5.73 Å².